The van der Waals surface area contributed by atoms with Gasteiger partial charge in [-0.3, -0.25) is 9.59 Å². The lowest BCUT2D eigenvalue weighted by atomic mass is 10.0. The molecule has 0 aliphatic carbocycles. The number of nitrogens with one attached hydrogen (secondary N) is 2. The summed E-state index contributed by atoms with van der Waals surface area (Å²) in [6.45, 7) is 1.06. The molecule has 0 fully saturated rings. The van der Waals surface area contributed by atoms with Crippen molar-refractivity contribution in [3.05, 3.63) is 52.7 Å². The van der Waals surface area contributed by atoms with Crippen LogP contribution in [0.1, 0.15) is 39.0 Å². The molecule has 2 N–H and O–H groups in total. The highest BCUT2D eigenvalue weighted by molar-refractivity contribution is 6.12. The Kier molecular flexibility index (Phi) is 3.82. The summed E-state index contributed by atoms with van der Waals surface area (Å²) in [6.07, 6.45) is 1.53. The van der Waals surface area contributed by atoms with Crippen LogP contribution in [0.3, 0.4) is 0 Å². The van der Waals surface area contributed by atoms with Gasteiger partial charge >= 0.3 is 0 Å². The number of amides is 2. The van der Waals surface area contributed by atoms with Crippen LogP contribution in [0.2, 0.25) is 0 Å². The standard InChI is InChI=1S/C16H13F3N2O3/c1-16(18,19)8-2-3-10(17)11(6-8)21-14(22)9-7-24-12-4-5-20-15(23)13(9)12/h2-3,6-7H,4-5H2,1H3,(H,20,23)(H,21,22). The molecule has 8 heteroatoms. The monoisotopic (exact) mass is 338 g/mol. The molecule has 1 aromatic carbocycles. The van der Waals surface area contributed by atoms with Crippen molar-refractivity contribution < 1.29 is 27.2 Å². The van der Waals surface area contributed by atoms with Gasteiger partial charge in [0.1, 0.15) is 17.8 Å². The van der Waals surface area contributed by atoms with E-state index in [9.17, 15) is 22.8 Å². The lowest BCUT2D eigenvalue weighted by molar-refractivity contribution is 0.0174. The SMILES string of the molecule is CC(F)(F)c1ccc(F)c(NC(=O)c2coc3c2C(=O)NCC3)c1. The van der Waals surface area contributed by atoms with Gasteiger partial charge in [-0.1, -0.05) is 6.07 Å². The molecule has 3 rings (SSSR count). The quantitative estimate of drug-likeness (QED) is 0.903. The molecule has 1 aliphatic heterocycles. The summed E-state index contributed by atoms with van der Waals surface area (Å²) in [5.74, 6) is -4.96. The Morgan fingerprint density at radius 2 is 2.12 bits per heavy atom. The second kappa shape index (κ2) is 5.70. The molecule has 2 heterocycles. The number of carbonyl (C=O) groups is 2. The fourth-order valence-electron chi connectivity index (χ4n) is 2.46. The van der Waals surface area contributed by atoms with E-state index in [0.29, 0.717) is 25.6 Å². The average molecular weight is 338 g/mol. The number of furan rings is 1. The van der Waals surface area contributed by atoms with Gasteiger partial charge < -0.3 is 15.1 Å². The summed E-state index contributed by atoms with van der Waals surface area (Å²) in [5, 5.41) is 4.78. The van der Waals surface area contributed by atoms with Crippen molar-refractivity contribution in [1.29, 1.82) is 0 Å². The number of fused-ring (bicyclic) bond motifs is 1. The molecule has 0 spiro atoms. The Morgan fingerprint density at radius 1 is 1.38 bits per heavy atom. The van der Waals surface area contributed by atoms with E-state index in [1.54, 1.807) is 0 Å². The molecule has 0 radical (unpaired) electrons. The van der Waals surface area contributed by atoms with E-state index in [1.807, 2.05) is 0 Å². The molecule has 0 bridgehead atoms. The number of anilines is 1. The molecule has 2 amide bonds. The Balaban J connectivity index is 1.91. The van der Waals surface area contributed by atoms with Crippen LogP contribution in [0, 0.1) is 5.82 Å². The Bertz CT molecular complexity index is 824. The Labute approximate surface area is 134 Å². The van der Waals surface area contributed by atoms with Crippen molar-refractivity contribution in [2.45, 2.75) is 19.3 Å². The first-order chi connectivity index (χ1) is 11.3. The van der Waals surface area contributed by atoms with E-state index >= 15 is 0 Å². The summed E-state index contributed by atoms with van der Waals surface area (Å²) in [6, 6.07) is 2.65. The fraction of sp³-hybridized carbons (Fsp3) is 0.250. The minimum atomic E-state index is -3.18. The van der Waals surface area contributed by atoms with Crippen LogP contribution in [0.5, 0.6) is 0 Å². The lowest BCUT2D eigenvalue weighted by Crippen LogP contribution is -2.32. The largest absolute Gasteiger partial charge is 0.468 e. The van der Waals surface area contributed by atoms with Gasteiger partial charge in [-0.15, -0.1) is 0 Å². The molecule has 1 aliphatic rings. The summed E-state index contributed by atoms with van der Waals surface area (Å²) in [7, 11) is 0. The van der Waals surface area contributed by atoms with Gasteiger partial charge in [-0.2, -0.15) is 0 Å². The molecular weight excluding hydrogens is 325 g/mol. The van der Waals surface area contributed by atoms with E-state index < -0.39 is 34.8 Å². The van der Waals surface area contributed by atoms with Crippen LogP contribution >= 0.6 is 0 Å². The second-order valence-corrected chi connectivity index (χ2v) is 5.49. The zero-order valence-corrected chi connectivity index (χ0v) is 12.6. The maximum atomic E-state index is 13.8. The smallest absolute Gasteiger partial charge is 0.270 e. The van der Waals surface area contributed by atoms with Crippen molar-refractivity contribution in [1.82, 2.24) is 5.32 Å². The highest BCUT2D eigenvalue weighted by atomic mass is 19.3. The number of alkyl halides is 2. The third-order valence-electron chi connectivity index (χ3n) is 3.70. The van der Waals surface area contributed by atoms with Gasteiger partial charge in [-0.05, 0) is 12.1 Å². The number of hydrogen-bond acceptors (Lipinski definition) is 3. The highest BCUT2D eigenvalue weighted by Gasteiger charge is 2.29. The topological polar surface area (TPSA) is 71.3 Å². The van der Waals surface area contributed by atoms with Crippen molar-refractivity contribution in [3.63, 3.8) is 0 Å². The zero-order valence-electron chi connectivity index (χ0n) is 12.6. The molecule has 0 saturated heterocycles. The summed E-state index contributed by atoms with van der Waals surface area (Å²) < 4.78 is 45.7. The fourth-order valence-corrected chi connectivity index (χ4v) is 2.46. The predicted molar refractivity (Wildman–Crippen MR) is 78.7 cm³/mol. The molecule has 2 aromatic rings. The number of carbonyl (C=O) groups excluding carboxylic acids is 2. The van der Waals surface area contributed by atoms with Gasteiger partial charge in [0, 0.05) is 25.5 Å². The molecule has 0 atom stereocenters. The summed E-state index contributed by atoms with van der Waals surface area (Å²) in [4.78, 5) is 24.2. The van der Waals surface area contributed by atoms with Crippen LogP contribution in [0.25, 0.3) is 0 Å². The van der Waals surface area contributed by atoms with Crippen molar-refractivity contribution in [3.8, 4) is 0 Å². The summed E-state index contributed by atoms with van der Waals surface area (Å²) in [5.41, 5.74) is -0.831. The van der Waals surface area contributed by atoms with Crippen LogP contribution < -0.4 is 10.6 Å². The van der Waals surface area contributed by atoms with Crippen LogP contribution in [-0.4, -0.2) is 18.4 Å². The first-order valence-electron chi connectivity index (χ1n) is 7.15. The minimum Gasteiger partial charge on any atom is -0.468 e. The lowest BCUT2D eigenvalue weighted by Gasteiger charge is -2.14. The third kappa shape index (κ3) is 2.86. The Hall–Kier alpha value is -2.77. The molecule has 126 valence electrons. The van der Waals surface area contributed by atoms with E-state index in [2.05, 4.69) is 10.6 Å². The van der Waals surface area contributed by atoms with Crippen LogP contribution in [-0.2, 0) is 12.3 Å². The highest BCUT2D eigenvalue weighted by Crippen LogP contribution is 2.30. The third-order valence-corrected chi connectivity index (χ3v) is 3.70. The summed E-state index contributed by atoms with van der Waals surface area (Å²) >= 11 is 0. The normalized spacial score (nSPS) is 14.1. The van der Waals surface area contributed by atoms with E-state index in [-0.39, 0.29) is 11.1 Å². The van der Waals surface area contributed by atoms with E-state index in [4.69, 9.17) is 4.42 Å². The number of rotatable bonds is 3. The molecule has 1 aromatic heterocycles. The second-order valence-electron chi connectivity index (χ2n) is 5.49. The first-order valence-corrected chi connectivity index (χ1v) is 7.15. The van der Waals surface area contributed by atoms with Crippen molar-refractivity contribution in [2.75, 3.05) is 11.9 Å². The zero-order chi connectivity index (χ0) is 17.5. The maximum absolute atomic E-state index is 13.8. The number of halogens is 3. The predicted octanol–water partition coefficient (Wildman–Crippen LogP) is 3.07. The number of hydrogen-bond donors (Lipinski definition) is 2. The van der Waals surface area contributed by atoms with Gasteiger partial charge in [0.15, 0.2) is 0 Å². The van der Waals surface area contributed by atoms with Crippen molar-refractivity contribution in [2.24, 2.45) is 0 Å². The first kappa shape index (κ1) is 16.1. The van der Waals surface area contributed by atoms with E-state index in [1.165, 1.54) is 0 Å². The van der Waals surface area contributed by atoms with Crippen molar-refractivity contribution >= 4 is 17.5 Å². The van der Waals surface area contributed by atoms with Gasteiger partial charge in [0.2, 0.25) is 0 Å². The molecular formula is C16H13F3N2O3. The van der Waals surface area contributed by atoms with Crippen LogP contribution in [0.4, 0.5) is 18.9 Å². The van der Waals surface area contributed by atoms with Gasteiger partial charge in [0.05, 0.1) is 16.8 Å². The van der Waals surface area contributed by atoms with Gasteiger partial charge in [0.25, 0.3) is 17.7 Å². The molecule has 24 heavy (non-hydrogen) atoms. The Morgan fingerprint density at radius 3 is 2.83 bits per heavy atom. The average Bonchev–Trinajstić information content (AvgIpc) is 2.94. The van der Waals surface area contributed by atoms with E-state index in [0.717, 1.165) is 24.5 Å². The maximum Gasteiger partial charge on any atom is 0.270 e. The number of benzene rings is 1. The van der Waals surface area contributed by atoms with Crippen LogP contribution in [0.15, 0.2) is 28.9 Å². The molecule has 5 nitrogen and oxygen atoms in total. The van der Waals surface area contributed by atoms with Gasteiger partial charge in [-0.25, -0.2) is 13.2 Å². The molecule has 0 unspecified atom stereocenters. The minimum absolute atomic E-state index is 0.0738. The molecule has 0 saturated carbocycles.